The van der Waals surface area contributed by atoms with E-state index in [0.29, 0.717) is 17.5 Å². The van der Waals surface area contributed by atoms with E-state index < -0.39 is 0 Å². The van der Waals surface area contributed by atoms with Gasteiger partial charge in [-0.25, -0.2) is 15.0 Å². The summed E-state index contributed by atoms with van der Waals surface area (Å²) in [5.41, 5.74) is 8.77. The Morgan fingerprint density at radius 1 is 0.288 bits per heavy atom. The maximum absolute atomic E-state index is 5.31. The lowest BCUT2D eigenvalue weighted by Crippen LogP contribution is -2.01. The highest BCUT2D eigenvalue weighted by Crippen LogP contribution is 2.40. The summed E-state index contributed by atoms with van der Waals surface area (Å²) in [4.78, 5) is 15.9. The van der Waals surface area contributed by atoms with Gasteiger partial charge in [0.2, 0.25) is 0 Å². The van der Waals surface area contributed by atoms with E-state index in [9.17, 15) is 0 Å². The second-order valence-electron chi connectivity index (χ2n) is 15.2. The molecule has 0 radical (unpaired) electrons. The quantitative estimate of drug-likeness (QED) is 0.165. The van der Waals surface area contributed by atoms with Crippen LogP contribution in [0.4, 0.5) is 0 Å². The standard InChI is InChI=1S/C55H34N4/c1-2-13-35(14-3-1)36-25-29-41(30-26-36)59-51-24-11-10-22-47(51)48-32-27-39-33-40(28-31-44(39)52(48)59)53-56-54(49-23-12-17-37-15-4-6-18-42(37)49)58-55(57-53)50-34-38-16-5-7-19-43(38)45-20-8-9-21-46(45)50/h1-34H. The first kappa shape index (κ1) is 33.2. The Morgan fingerprint density at radius 2 is 0.864 bits per heavy atom. The Balaban J connectivity index is 1.08. The van der Waals surface area contributed by atoms with Crippen molar-refractivity contribution >= 4 is 64.9 Å². The van der Waals surface area contributed by atoms with Crippen LogP contribution in [0, 0.1) is 0 Å². The van der Waals surface area contributed by atoms with Crippen LogP contribution >= 0.6 is 0 Å². The van der Waals surface area contributed by atoms with Crippen LogP contribution in [-0.4, -0.2) is 19.5 Å². The van der Waals surface area contributed by atoms with E-state index in [0.717, 1.165) is 49.3 Å². The first-order chi connectivity index (χ1) is 29.2. The van der Waals surface area contributed by atoms with Crippen molar-refractivity contribution in [2.75, 3.05) is 0 Å². The van der Waals surface area contributed by atoms with Crippen LogP contribution in [0.3, 0.4) is 0 Å². The van der Waals surface area contributed by atoms with E-state index in [-0.39, 0.29) is 0 Å². The summed E-state index contributed by atoms with van der Waals surface area (Å²) in [6.07, 6.45) is 0. The lowest BCUT2D eigenvalue weighted by molar-refractivity contribution is 1.08. The summed E-state index contributed by atoms with van der Waals surface area (Å²) >= 11 is 0. The van der Waals surface area contributed by atoms with Gasteiger partial charge in [-0.15, -0.1) is 0 Å². The van der Waals surface area contributed by atoms with Crippen molar-refractivity contribution in [1.29, 1.82) is 0 Å². The predicted molar refractivity (Wildman–Crippen MR) is 246 cm³/mol. The SMILES string of the molecule is c1ccc(-c2ccc(-n3c4ccccc4c4ccc5cc(-c6nc(-c7cccc8ccccc78)nc(-c7cc8ccccc8c8ccccc78)n6)ccc5c43)cc2)cc1. The molecule has 0 bridgehead atoms. The lowest BCUT2D eigenvalue weighted by atomic mass is 9.96. The molecule has 12 rings (SSSR count). The average Bonchev–Trinajstić information content (AvgIpc) is 3.66. The fourth-order valence-corrected chi connectivity index (χ4v) is 9.03. The summed E-state index contributed by atoms with van der Waals surface area (Å²) in [7, 11) is 0. The number of hydrogen-bond donors (Lipinski definition) is 0. The van der Waals surface area contributed by atoms with Gasteiger partial charge < -0.3 is 4.57 Å². The second-order valence-corrected chi connectivity index (χ2v) is 15.2. The van der Waals surface area contributed by atoms with Gasteiger partial charge in [-0.1, -0.05) is 176 Å². The molecule has 0 spiro atoms. The molecule has 0 unspecified atom stereocenters. The smallest absolute Gasteiger partial charge is 0.164 e. The van der Waals surface area contributed by atoms with E-state index in [1.165, 1.54) is 49.1 Å². The Labute approximate surface area is 340 Å². The van der Waals surface area contributed by atoms with Gasteiger partial charge >= 0.3 is 0 Å². The maximum atomic E-state index is 5.31. The van der Waals surface area contributed by atoms with Crippen LogP contribution in [0.25, 0.3) is 116 Å². The fourth-order valence-electron chi connectivity index (χ4n) is 9.03. The summed E-state index contributed by atoms with van der Waals surface area (Å²) < 4.78 is 2.41. The van der Waals surface area contributed by atoms with Gasteiger partial charge in [0.15, 0.2) is 17.5 Å². The van der Waals surface area contributed by atoms with Crippen molar-refractivity contribution in [3.05, 3.63) is 206 Å². The van der Waals surface area contributed by atoms with Gasteiger partial charge in [0.1, 0.15) is 0 Å². The number of benzene rings is 10. The van der Waals surface area contributed by atoms with Crippen molar-refractivity contribution in [2.45, 2.75) is 0 Å². The van der Waals surface area contributed by atoms with Crippen LogP contribution in [0.2, 0.25) is 0 Å². The Morgan fingerprint density at radius 3 is 1.69 bits per heavy atom. The Hall–Kier alpha value is -7.95. The van der Waals surface area contributed by atoms with Gasteiger partial charge in [-0.3, -0.25) is 0 Å². The molecule has 59 heavy (non-hydrogen) atoms. The van der Waals surface area contributed by atoms with E-state index in [1.54, 1.807) is 0 Å². The number of hydrogen-bond acceptors (Lipinski definition) is 3. The van der Waals surface area contributed by atoms with E-state index in [4.69, 9.17) is 15.0 Å². The minimum absolute atomic E-state index is 0.634. The fraction of sp³-hybridized carbons (Fsp3) is 0. The van der Waals surface area contributed by atoms with Crippen molar-refractivity contribution in [1.82, 2.24) is 19.5 Å². The average molecular weight is 751 g/mol. The molecule has 4 heteroatoms. The third kappa shape index (κ3) is 5.42. The number of aromatic nitrogens is 4. The van der Waals surface area contributed by atoms with Gasteiger partial charge in [-0.05, 0) is 79.2 Å². The summed E-state index contributed by atoms with van der Waals surface area (Å²) in [6, 6.07) is 73.4. The molecule has 0 saturated heterocycles. The van der Waals surface area contributed by atoms with Crippen LogP contribution in [0.1, 0.15) is 0 Å². The van der Waals surface area contributed by atoms with Gasteiger partial charge in [0.05, 0.1) is 11.0 Å². The van der Waals surface area contributed by atoms with Crippen molar-refractivity contribution in [3.63, 3.8) is 0 Å². The Kier molecular flexibility index (Phi) is 7.50. The third-order valence-corrected chi connectivity index (χ3v) is 11.8. The van der Waals surface area contributed by atoms with Crippen molar-refractivity contribution in [3.8, 4) is 51.0 Å². The van der Waals surface area contributed by atoms with Crippen molar-refractivity contribution < 1.29 is 0 Å². The molecular weight excluding hydrogens is 717 g/mol. The highest BCUT2D eigenvalue weighted by molar-refractivity contribution is 6.19. The zero-order valence-corrected chi connectivity index (χ0v) is 31.9. The first-order valence-electron chi connectivity index (χ1n) is 20.0. The largest absolute Gasteiger partial charge is 0.309 e. The molecule has 10 aromatic carbocycles. The minimum atomic E-state index is 0.634. The summed E-state index contributed by atoms with van der Waals surface area (Å²) in [5, 5.41) is 11.6. The Bertz CT molecular complexity index is 3600. The molecule has 0 atom stereocenters. The molecule has 2 aromatic heterocycles. The molecule has 12 aromatic rings. The molecule has 0 aliphatic heterocycles. The zero-order chi connectivity index (χ0) is 38.9. The lowest BCUT2D eigenvalue weighted by Gasteiger charge is -2.14. The normalized spacial score (nSPS) is 11.7. The highest BCUT2D eigenvalue weighted by Gasteiger charge is 2.19. The topological polar surface area (TPSA) is 43.6 Å². The summed E-state index contributed by atoms with van der Waals surface area (Å²) in [5.74, 6) is 1.93. The van der Waals surface area contributed by atoms with Gasteiger partial charge in [-0.2, -0.15) is 0 Å². The first-order valence-corrected chi connectivity index (χ1v) is 20.0. The highest BCUT2D eigenvalue weighted by atomic mass is 15.0. The molecule has 0 N–H and O–H groups in total. The molecule has 4 nitrogen and oxygen atoms in total. The summed E-state index contributed by atoms with van der Waals surface area (Å²) in [6.45, 7) is 0. The van der Waals surface area contributed by atoms with Gasteiger partial charge in [0, 0.05) is 38.5 Å². The number of rotatable bonds is 5. The minimum Gasteiger partial charge on any atom is -0.309 e. The van der Waals surface area contributed by atoms with E-state index >= 15 is 0 Å². The zero-order valence-electron chi connectivity index (χ0n) is 31.9. The number of para-hydroxylation sites is 1. The monoisotopic (exact) mass is 750 g/mol. The molecular formula is C55H34N4. The third-order valence-electron chi connectivity index (χ3n) is 11.8. The molecule has 274 valence electrons. The number of fused-ring (bicyclic) bond motifs is 9. The number of nitrogens with zero attached hydrogens (tertiary/aromatic N) is 4. The molecule has 0 saturated carbocycles. The maximum Gasteiger partial charge on any atom is 0.164 e. The van der Waals surface area contributed by atoms with E-state index in [1.807, 2.05) is 0 Å². The van der Waals surface area contributed by atoms with Crippen LogP contribution in [0.5, 0.6) is 0 Å². The van der Waals surface area contributed by atoms with Crippen LogP contribution < -0.4 is 0 Å². The van der Waals surface area contributed by atoms with Crippen molar-refractivity contribution in [2.24, 2.45) is 0 Å². The predicted octanol–water partition coefficient (Wildman–Crippen LogP) is 14.2. The molecule has 0 aliphatic rings. The molecule has 0 fully saturated rings. The van der Waals surface area contributed by atoms with E-state index in [2.05, 4.69) is 211 Å². The van der Waals surface area contributed by atoms with Crippen LogP contribution in [-0.2, 0) is 0 Å². The second kappa shape index (κ2) is 13.3. The molecule has 0 aliphatic carbocycles. The van der Waals surface area contributed by atoms with Crippen LogP contribution in [0.15, 0.2) is 206 Å². The molecule has 2 heterocycles. The molecule has 0 amide bonds. The van der Waals surface area contributed by atoms with Gasteiger partial charge in [0.25, 0.3) is 0 Å².